The van der Waals surface area contributed by atoms with Gasteiger partial charge in [0.05, 0.1) is 12.7 Å². The van der Waals surface area contributed by atoms with E-state index in [-0.39, 0.29) is 11.3 Å². The standard InChI is InChI=1S/C20H12F4N2O2/c1-28-13-4-2-3-11(7-13)18-9-14(16(10-25)19(27)26-18)15-8-12(20(22,23)24)5-6-17(15)21/h2-9H,1H3,(H,26,27). The van der Waals surface area contributed by atoms with E-state index in [2.05, 4.69) is 4.98 Å². The molecule has 3 rings (SSSR count). The number of nitrogens with zero attached hydrogens (tertiary/aromatic N) is 1. The maximum atomic E-state index is 14.3. The summed E-state index contributed by atoms with van der Waals surface area (Å²) in [6.45, 7) is 0. The Balaban J connectivity index is 2.28. The van der Waals surface area contributed by atoms with Crippen LogP contribution >= 0.6 is 0 Å². The molecule has 28 heavy (non-hydrogen) atoms. The van der Waals surface area contributed by atoms with Gasteiger partial charge in [-0.1, -0.05) is 12.1 Å². The van der Waals surface area contributed by atoms with Crippen molar-refractivity contribution in [2.75, 3.05) is 7.11 Å². The lowest BCUT2D eigenvalue weighted by atomic mass is 9.97. The number of nitrogens with one attached hydrogen (secondary N) is 1. The van der Waals surface area contributed by atoms with Gasteiger partial charge in [-0.15, -0.1) is 0 Å². The van der Waals surface area contributed by atoms with E-state index in [9.17, 15) is 27.6 Å². The summed E-state index contributed by atoms with van der Waals surface area (Å²) >= 11 is 0. The molecule has 0 amide bonds. The summed E-state index contributed by atoms with van der Waals surface area (Å²) in [5.41, 5.74) is -2.44. The Hall–Kier alpha value is -3.60. The van der Waals surface area contributed by atoms with Gasteiger partial charge in [0.1, 0.15) is 23.2 Å². The molecule has 1 N–H and O–H groups in total. The van der Waals surface area contributed by atoms with Gasteiger partial charge in [-0.05, 0) is 36.4 Å². The molecule has 142 valence electrons. The van der Waals surface area contributed by atoms with Crippen LogP contribution in [-0.2, 0) is 6.18 Å². The number of ether oxygens (including phenoxy) is 1. The van der Waals surface area contributed by atoms with Crippen LogP contribution in [0.25, 0.3) is 22.4 Å². The first-order chi connectivity index (χ1) is 13.2. The summed E-state index contributed by atoms with van der Waals surface area (Å²) < 4.78 is 58.6. The van der Waals surface area contributed by atoms with Crippen molar-refractivity contribution in [2.45, 2.75) is 6.18 Å². The summed E-state index contributed by atoms with van der Waals surface area (Å²) in [6, 6.07) is 11.3. The van der Waals surface area contributed by atoms with Crippen LogP contribution < -0.4 is 10.3 Å². The topological polar surface area (TPSA) is 65.9 Å². The zero-order valence-electron chi connectivity index (χ0n) is 14.4. The van der Waals surface area contributed by atoms with Crippen molar-refractivity contribution in [2.24, 2.45) is 0 Å². The summed E-state index contributed by atoms with van der Waals surface area (Å²) in [4.78, 5) is 14.8. The number of methoxy groups -OCH3 is 1. The molecule has 0 saturated heterocycles. The molecule has 2 aromatic carbocycles. The molecule has 8 heteroatoms. The third-order valence-corrected chi connectivity index (χ3v) is 4.11. The van der Waals surface area contributed by atoms with Gasteiger partial charge in [0, 0.05) is 22.4 Å². The van der Waals surface area contributed by atoms with Crippen LogP contribution in [0.1, 0.15) is 11.1 Å². The fourth-order valence-electron chi connectivity index (χ4n) is 2.74. The molecule has 3 aromatic rings. The third-order valence-electron chi connectivity index (χ3n) is 4.11. The second-order valence-corrected chi connectivity index (χ2v) is 5.84. The van der Waals surface area contributed by atoms with Crippen molar-refractivity contribution in [3.63, 3.8) is 0 Å². The zero-order chi connectivity index (χ0) is 20.5. The molecule has 0 aliphatic heterocycles. The Morgan fingerprint density at radius 3 is 2.46 bits per heavy atom. The first kappa shape index (κ1) is 19.2. The first-order valence-corrected chi connectivity index (χ1v) is 7.93. The number of hydrogen-bond donors (Lipinski definition) is 1. The van der Waals surface area contributed by atoms with Gasteiger partial charge >= 0.3 is 6.18 Å². The van der Waals surface area contributed by atoms with Gasteiger partial charge in [-0.2, -0.15) is 18.4 Å². The normalized spacial score (nSPS) is 11.1. The quantitative estimate of drug-likeness (QED) is 0.659. The predicted octanol–water partition coefficient (Wildman–Crippen LogP) is 4.75. The van der Waals surface area contributed by atoms with Gasteiger partial charge in [-0.25, -0.2) is 4.39 Å². The van der Waals surface area contributed by atoms with Gasteiger partial charge in [0.25, 0.3) is 5.56 Å². The molecule has 0 aliphatic carbocycles. The van der Waals surface area contributed by atoms with Gasteiger partial charge in [0.15, 0.2) is 0 Å². The van der Waals surface area contributed by atoms with E-state index in [4.69, 9.17) is 4.74 Å². The van der Waals surface area contributed by atoms with E-state index in [0.29, 0.717) is 29.5 Å². The lowest BCUT2D eigenvalue weighted by Crippen LogP contribution is -2.13. The molecule has 0 fully saturated rings. The van der Waals surface area contributed by atoms with Crippen LogP contribution in [0.2, 0.25) is 0 Å². The molecule has 0 atom stereocenters. The minimum Gasteiger partial charge on any atom is -0.497 e. The van der Waals surface area contributed by atoms with Crippen molar-refractivity contribution in [3.05, 3.63) is 75.8 Å². The highest BCUT2D eigenvalue weighted by atomic mass is 19.4. The van der Waals surface area contributed by atoms with Crippen LogP contribution in [0.5, 0.6) is 5.75 Å². The molecule has 4 nitrogen and oxygen atoms in total. The largest absolute Gasteiger partial charge is 0.497 e. The number of aromatic amines is 1. The minimum absolute atomic E-state index is 0.203. The number of benzene rings is 2. The third kappa shape index (κ3) is 3.60. The fraction of sp³-hybridized carbons (Fsp3) is 0.100. The van der Waals surface area contributed by atoms with Gasteiger partial charge < -0.3 is 9.72 Å². The van der Waals surface area contributed by atoms with Crippen LogP contribution in [0.4, 0.5) is 17.6 Å². The number of H-pyrrole nitrogens is 1. The first-order valence-electron chi connectivity index (χ1n) is 7.93. The predicted molar refractivity (Wildman–Crippen MR) is 94.2 cm³/mol. The van der Waals surface area contributed by atoms with E-state index in [0.717, 1.165) is 0 Å². The Labute approximate surface area is 156 Å². The highest BCUT2D eigenvalue weighted by molar-refractivity contribution is 5.76. The minimum atomic E-state index is -4.70. The summed E-state index contributed by atoms with van der Waals surface area (Å²) in [6.07, 6.45) is -4.70. The van der Waals surface area contributed by atoms with E-state index >= 15 is 0 Å². The number of pyridine rings is 1. The summed E-state index contributed by atoms with van der Waals surface area (Å²) in [5, 5.41) is 9.29. The molecular formula is C20H12F4N2O2. The highest BCUT2D eigenvalue weighted by Crippen LogP contribution is 2.35. The molecule has 0 unspecified atom stereocenters. The molecule has 1 aromatic heterocycles. The van der Waals surface area contributed by atoms with Crippen molar-refractivity contribution in [3.8, 4) is 34.2 Å². The van der Waals surface area contributed by atoms with E-state index in [1.165, 1.54) is 13.2 Å². The lowest BCUT2D eigenvalue weighted by Gasteiger charge is -2.12. The molecule has 0 bridgehead atoms. The fourth-order valence-corrected chi connectivity index (χ4v) is 2.74. The molecule has 0 saturated carbocycles. The highest BCUT2D eigenvalue weighted by Gasteiger charge is 2.31. The number of halogens is 4. The van der Waals surface area contributed by atoms with E-state index in [1.807, 2.05) is 0 Å². The maximum Gasteiger partial charge on any atom is 0.416 e. The Morgan fingerprint density at radius 1 is 1.07 bits per heavy atom. The van der Waals surface area contributed by atoms with Crippen molar-refractivity contribution in [1.82, 2.24) is 4.98 Å². The summed E-state index contributed by atoms with van der Waals surface area (Å²) in [7, 11) is 1.45. The number of rotatable bonds is 3. The second kappa shape index (κ2) is 7.19. The average molecular weight is 388 g/mol. The van der Waals surface area contributed by atoms with Crippen LogP contribution in [-0.4, -0.2) is 12.1 Å². The van der Waals surface area contributed by atoms with Crippen LogP contribution in [0.15, 0.2) is 53.3 Å². The van der Waals surface area contributed by atoms with E-state index < -0.39 is 34.2 Å². The van der Waals surface area contributed by atoms with Crippen LogP contribution in [0, 0.1) is 17.1 Å². The lowest BCUT2D eigenvalue weighted by molar-refractivity contribution is -0.137. The Kier molecular flexibility index (Phi) is 4.92. The SMILES string of the molecule is COc1cccc(-c2cc(-c3cc(C(F)(F)F)ccc3F)c(C#N)c(=O)[nH]2)c1. The number of nitriles is 1. The smallest absolute Gasteiger partial charge is 0.416 e. The van der Waals surface area contributed by atoms with Crippen LogP contribution in [0.3, 0.4) is 0 Å². The number of aromatic nitrogens is 1. The number of hydrogen-bond acceptors (Lipinski definition) is 3. The molecule has 1 heterocycles. The van der Waals surface area contributed by atoms with Crippen molar-refractivity contribution >= 4 is 0 Å². The molecule has 0 aliphatic rings. The number of alkyl halides is 3. The van der Waals surface area contributed by atoms with Gasteiger partial charge in [-0.3, -0.25) is 4.79 Å². The second-order valence-electron chi connectivity index (χ2n) is 5.84. The van der Waals surface area contributed by atoms with E-state index in [1.54, 1.807) is 30.3 Å². The Morgan fingerprint density at radius 2 is 1.82 bits per heavy atom. The molecule has 0 radical (unpaired) electrons. The van der Waals surface area contributed by atoms with Crippen molar-refractivity contribution < 1.29 is 22.3 Å². The zero-order valence-corrected chi connectivity index (χ0v) is 14.4. The summed E-state index contributed by atoms with van der Waals surface area (Å²) in [5.74, 6) is -0.499. The average Bonchev–Trinajstić information content (AvgIpc) is 2.67. The molecule has 0 spiro atoms. The van der Waals surface area contributed by atoms with Crippen molar-refractivity contribution in [1.29, 1.82) is 5.26 Å². The Bertz CT molecular complexity index is 1140. The van der Waals surface area contributed by atoms with Gasteiger partial charge in [0.2, 0.25) is 0 Å². The monoisotopic (exact) mass is 388 g/mol. The molecular weight excluding hydrogens is 376 g/mol. The maximum absolute atomic E-state index is 14.3.